The van der Waals surface area contributed by atoms with Gasteiger partial charge in [0.1, 0.15) is 11.0 Å². The summed E-state index contributed by atoms with van der Waals surface area (Å²) in [7, 11) is 0. The largest absolute Gasteiger partial charge is 0.456 e. The number of para-hydroxylation sites is 1. The van der Waals surface area contributed by atoms with Crippen LogP contribution in [0.2, 0.25) is 0 Å². The number of rotatable bonds is 1. The van der Waals surface area contributed by atoms with Crippen molar-refractivity contribution in [1.82, 2.24) is 0 Å². The first kappa shape index (κ1) is 8.82. The van der Waals surface area contributed by atoms with E-state index in [1.165, 1.54) is 0 Å². The predicted molar refractivity (Wildman–Crippen MR) is 60.3 cm³/mol. The molecule has 1 heteroatoms. The number of allylic oxidation sites excluding steroid dienone is 1. The molecule has 0 aliphatic heterocycles. The van der Waals surface area contributed by atoms with Crippen LogP contribution in [-0.2, 0) is 0 Å². The summed E-state index contributed by atoms with van der Waals surface area (Å²) in [6, 6.07) is 8.02. The molecule has 2 rings (SSSR count). The third-order valence-corrected chi connectivity index (χ3v) is 2.21. The van der Waals surface area contributed by atoms with E-state index in [0.717, 1.165) is 21.6 Å². The van der Waals surface area contributed by atoms with Crippen molar-refractivity contribution in [3.05, 3.63) is 47.6 Å². The van der Waals surface area contributed by atoms with E-state index in [1.807, 2.05) is 37.3 Å². The van der Waals surface area contributed by atoms with Crippen LogP contribution >= 0.6 is 0 Å². The molecule has 0 amide bonds. The van der Waals surface area contributed by atoms with Gasteiger partial charge >= 0.3 is 0 Å². The van der Waals surface area contributed by atoms with Gasteiger partial charge in [0.05, 0.1) is 0 Å². The summed E-state index contributed by atoms with van der Waals surface area (Å²) in [5, 5.41) is 2.25. The van der Waals surface area contributed by atoms with E-state index in [4.69, 9.17) is 4.42 Å². The van der Waals surface area contributed by atoms with Crippen molar-refractivity contribution >= 4 is 23.1 Å². The van der Waals surface area contributed by atoms with Crippen LogP contribution in [0.5, 0.6) is 0 Å². The summed E-state index contributed by atoms with van der Waals surface area (Å²) in [6.07, 6.45) is 5.72. The van der Waals surface area contributed by atoms with Gasteiger partial charge in [-0.1, -0.05) is 36.9 Å². The molecule has 0 saturated carbocycles. The summed E-state index contributed by atoms with van der Waals surface area (Å²) < 4.78 is 5.67. The molecule has 0 spiro atoms. The molecule has 70 valence electrons. The molecule has 1 aromatic carbocycles. The molecule has 0 atom stereocenters. The molecule has 0 aliphatic rings. The molecule has 1 aromatic heterocycles. The lowest BCUT2D eigenvalue weighted by Crippen LogP contribution is -2.18. The zero-order valence-corrected chi connectivity index (χ0v) is 8.16. The molecule has 0 saturated heterocycles. The minimum atomic E-state index is 0.908. The smallest absolute Gasteiger partial charge is 0.135 e. The van der Waals surface area contributed by atoms with Crippen LogP contribution in [0.25, 0.3) is 23.1 Å². The van der Waals surface area contributed by atoms with E-state index in [2.05, 4.69) is 12.6 Å². The van der Waals surface area contributed by atoms with Gasteiger partial charge in [-0.25, -0.2) is 0 Å². The molecule has 0 radical (unpaired) electrons. The second-order valence-corrected chi connectivity index (χ2v) is 3.07. The van der Waals surface area contributed by atoms with Crippen LogP contribution in [0.1, 0.15) is 6.92 Å². The van der Waals surface area contributed by atoms with Crippen molar-refractivity contribution in [1.29, 1.82) is 0 Å². The molecular weight excluding hydrogens is 172 g/mol. The molecule has 0 aliphatic carbocycles. The Morgan fingerprint density at radius 2 is 2.07 bits per heavy atom. The standard InChI is InChI=1S/C13H12O/c1-3-7-10-11-8-5-6-9-13(11)14-12(10)4-2/h3-9H,1H2,2H3/b10-7-,12-4+. The summed E-state index contributed by atoms with van der Waals surface area (Å²) in [5.74, 6) is 0. The molecule has 2 aromatic rings. The first-order chi connectivity index (χ1) is 6.86. The number of benzene rings is 1. The molecular formula is C13H12O. The fourth-order valence-corrected chi connectivity index (χ4v) is 1.59. The highest BCUT2D eigenvalue weighted by Gasteiger charge is 1.99. The number of hydrogen-bond donors (Lipinski definition) is 0. The summed E-state index contributed by atoms with van der Waals surface area (Å²) in [6.45, 7) is 5.68. The average Bonchev–Trinajstić information content (AvgIpc) is 2.58. The second-order valence-electron chi connectivity index (χ2n) is 3.07. The molecule has 0 unspecified atom stereocenters. The van der Waals surface area contributed by atoms with Crippen LogP contribution < -0.4 is 10.6 Å². The maximum absolute atomic E-state index is 5.67. The van der Waals surface area contributed by atoms with Gasteiger partial charge in [0.15, 0.2) is 0 Å². The van der Waals surface area contributed by atoms with Gasteiger partial charge in [0.2, 0.25) is 0 Å². The van der Waals surface area contributed by atoms with Crippen molar-refractivity contribution in [3.8, 4) is 0 Å². The van der Waals surface area contributed by atoms with Crippen LogP contribution in [0.15, 0.2) is 41.3 Å². The quantitative estimate of drug-likeness (QED) is 0.662. The van der Waals surface area contributed by atoms with Crippen molar-refractivity contribution in [2.75, 3.05) is 0 Å². The lowest BCUT2D eigenvalue weighted by atomic mass is 10.2. The zero-order chi connectivity index (χ0) is 9.97. The molecule has 1 nitrogen and oxygen atoms in total. The minimum Gasteiger partial charge on any atom is -0.456 e. The fraction of sp³-hybridized carbons (Fsp3) is 0.0769. The van der Waals surface area contributed by atoms with Gasteiger partial charge in [0.25, 0.3) is 0 Å². The molecule has 1 heterocycles. The minimum absolute atomic E-state index is 0.908. The monoisotopic (exact) mass is 184 g/mol. The molecule has 0 N–H and O–H groups in total. The maximum Gasteiger partial charge on any atom is 0.135 e. The van der Waals surface area contributed by atoms with E-state index in [9.17, 15) is 0 Å². The number of fused-ring (bicyclic) bond motifs is 1. The van der Waals surface area contributed by atoms with Crippen LogP contribution in [-0.4, -0.2) is 0 Å². The van der Waals surface area contributed by atoms with Gasteiger partial charge in [0, 0.05) is 10.6 Å². The third-order valence-electron chi connectivity index (χ3n) is 2.21. The van der Waals surface area contributed by atoms with Gasteiger partial charge in [-0.05, 0) is 19.1 Å². The Kier molecular flexibility index (Phi) is 2.23. The van der Waals surface area contributed by atoms with Gasteiger partial charge in [-0.3, -0.25) is 0 Å². The normalized spacial score (nSPS) is 13.8. The Labute approximate surface area is 82.7 Å². The molecule has 0 bridgehead atoms. The Morgan fingerprint density at radius 3 is 2.79 bits per heavy atom. The molecule has 0 fully saturated rings. The Hall–Kier alpha value is -1.76. The van der Waals surface area contributed by atoms with E-state index in [0.29, 0.717) is 0 Å². The van der Waals surface area contributed by atoms with Crippen LogP contribution in [0.3, 0.4) is 0 Å². The fourth-order valence-electron chi connectivity index (χ4n) is 1.59. The van der Waals surface area contributed by atoms with E-state index < -0.39 is 0 Å². The highest BCUT2D eigenvalue weighted by molar-refractivity contribution is 5.79. The van der Waals surface area contributed by atoms with Crippen LogP contribution in [0, 0.1) is 0 Å². The van der Waals surface area contributed by atoms with Gasteiger partial charge in [-0.15, -0.1) is 0 Å². The van der Waals surface area contributed by atoms with E-state index in [-0.39, 0.29) is 0 Å². The molecule has 14 heavy (non-hydrogen) atoms. The van der Waals surface area contributed by atoms with Gasteiger partial charge in [-0.2, -0.15) is 0 Å². The summed E-state index contributed by atoms with van der Waals surface area (Å²) in [4.78, 5) is 0. The first-order valence-electron chi connectivity index (χ1n) is 4.63. The topological polar surface area (TPSA) is 13.1 Å². The second kappa shape index (κ2) is 3.54. The highest BCUT2D eigenvalue weighted by atomic mass is 16.3. The Bertz CT molecular complexity index is 573. The lowest BCUT2D eigenvalue weighted by molar-refractivity contribution is 0.575. The highest BCUT2D eigenvalue weighted by Crippen LogP contribution is 2.06. The van der Waals surface area contributed by atoms with Crippen molar-refractivity contribution < 1.29 is 4.42 Å². The first-order valence-corrected chi connectivity index (χ1v) is 4.63. The van der Waals surface area contributed by atoms with Crippen molar-refractivity contribution in [2.45, 2.75) is 6.92 Å². The van der Waals surface area contributed by atoms with E-state index in [1.54, 1.807) is 6.08 Å². The van der Waals surface area contributed by atoms with Crippen molar-refractivity contribution in [3.63, 3.8) is 0 Å². The maximum atomic E-state index is 5.67. The van der Waals surface area contributed by atoms with Gasteiger partial charge < -0.3 is 4.42 Å². The van der Waals surface area contributed by atoms with Crippen LogP contribution in [0.4, 0.5) is 0 Å². The summed E-state index contributed by atoms with van der Waals surface area (Å²) in [5.41, 5.74) is 1.83. The predicted octanol–water partition coefficient (Wildman–Crippen LogP) is 2.20. The zero-order valence-electron chi connectivity index (χ0n) is 8.16. The Morgan fingerprint density at radius 1 is 1.29 bits per heavy atom. The summed E-state index contributed by atoms with van der Waals surface area (Å²) >= 11 is 0. The third kappa shape index (κ3) is 1.27. The average molecular weight is 184 g/mol. The SMILES string of the molecule is C=C/C=c1\c(=C/C)oc2ccccc12. The lowest BCUT2D eigenvalue weighted by Gasteiger charge is -1.83. The van der Waals surface area contributed by atoms with E-state index >= 15 is 0 Å². The number of furan rings is 1. The van der Waals surface area contributed by atoms with Crippen molar-refractivity contribution in [2.24, 2.45) is 0 Å². The number of hydrogen-bond acceptors (Lipinski definition) is 1. The Balaban J connectivity index is 3.04.